The average molecular weight is 318 g/mol. The van der Waals surface area contributed by atoms with Crippen molar-refractivity contribution < 1.29 is 19.2 Å². The molecule has 0 bridgehead atoms. The molecule has 1 aromatic rings. The molecular formula is C15H18N4O4. The Labute approximate surface area is 133 Å². The van der Waals surface area contributed by atoms with Crippen LogP contribution in [0.15, 0.2) is 18.2 Å². The van der Waals surface area contributed by atoms with Crippen molar-refractivity contribution in [1.82, 2.24) is 15.1 Å². The summed E-state index contributed by atoms with van der Waals surface area (Å²) in [5, 5.41) is 4.65. The molecule has 2 N–H and O–H groups in total. The van der Waals surface area contributed by atoms with Gasteiger partial charge < -0.3 is 10.2 Å². The van der Waals surface area contributed by atoms with Crippen molar-refractivity contribution in [2.45, 2.75) is 13.8 Å². The third-order valence-electron chi connectivity index (χ3n) is 3.42. The first kappa shape index (κ1) is 16.5. The highest BCUT2D eigenvalue weighted by molar-refractivity contribution is 6.07. The van der Waals surface area contributed by atoms with Gasteiger partial charge in [0.15, 0.2) is 0 Å². The van der Waals surface area contributed by atoms with Gasteiger partial charge in [-0.05, 0) is 25.5 Å². The van der Waals surface area contributed by atoms with E-state index in [0.29, 0.717) is 5.69 Å². The number of imide groups is 2. The van der Waals surface area contributed by atoms with E-state index in [1.807, 2.05) is 26.0 Å². The molecule has 1 fully saturated rings. The largest absolute Gasteiger partial charge is 0.327 e. The second-order valence-corrected chi connectivity index (χ2v) is 5.44. The van der Waals surface area contributed by atoms with Crippen LogP contribution in [0.5, 0.6) is 0 Å². The van der Waals surface area contributed by atoms with Crippen LogP contribution in [-0.4, -0.2) is 53.8 Å². The van der Waals surface area contributed by atoms with E-state index in [2.05, 4.69) is 10.6 Å². The molecule has 1 saturated heterocycles. The van der Waals surface area contributed by atoms with Crippen LogP contribution in [0.4, 0.5) is 15.3 Å². The first-order valence-corrected chi connectivity index (χ1v) is 7.01. The standard InChI is InChI=1S/C15H18N4O4/c1-9-4-5-11(10(2)6-9)16-14(22)17-12(20)7-19-13(21)8-18(3)15(19)23/h4-6H,7-8H2,1-3H3,(H2,16,17,20,22). The summed E-state index contributed by atoms with van der Waals surface area (Å²) in [5.41, 5.74) is 2.49. The van der Waals surface area contributed by atoms with Gasteiger partial charge in [-0.2, -0.15) is 0 Å². The maximum atomic E-state index is 11.8. The van der Waals surface area contributed by atoms with Gasteiger partial charge in [0.2, 0.25) is 5.91 Å². The van der Waals surface area contributed by atoms with Crippen LogP contribution in [-0.2, 0) is 9.59 Å². The summed E-state index contributed by atoms with van der Waals surface area (Å²) < 4.78 is 0. The van der Waals surface area contributed by atoms with Crippen molar-refractivity contribution in [1.29, 1.82) is 0 Å². The van der Waals surface area contributed by atoms with E-state index in [0.717, 1.165) is 16.0 Å². The van der Waals surface area contributed by atoms with E-state index in [9.17, 15) is 19.2 Å². The number of hydrogen-bond acceptors (Lipinski definition) is 4. The Balaban J connectivity index is 1.91. The van der Waals surface area contributed by atoms with Gasteiger partial charge in [0.05, 0.1) is 0 Å². The predicted molar refractivity (Wildman–Crippen MR) is 82.8 cm³/mol. The maximum absolute atomic E-state index is 11.8. The second kappa shape index (κ2) is 6.47. The zero-order valence-electron chi connectivity index (χ0n) is 13.2. The molecule has 1 heterocycles. The molecule has 0 radical (unpaired) electrons. The van der Waals surface area contributed by atoms with Gasteiger partial charge in [-0.3, -0.25) is 19.8 Å². The molecule has 1 aliphatic heterocycles. The van der Waals surface area contributed by atoms with Gasteiger partial charge in [-0.1, -0.05) is 17.7 Å². The smallest absolute Gasteiger partial charge is 0.318 e. The summed E-state index contributed by atoms with van der Waals surface area (Å²) in [4.78, 5) is 48.8. The minimum absolute atomic E-state index is 0.0686. The molecule has 0 aromatic heterocycles. The normalized spacial score (nSPS) is 14.2. The molecule has 2 rings (SSSR count). The number of rotatable bonds is 3. The summed E-state index contributed by atoms with van der Waals surface area (Å²) in [6.07, 6.45) is 0. The average Bonchev–Trinajstić information content (AvgIpc) is 2.68. The number of amides is 6. The summed E-state index contributed by atoms with van der Waals surface area (Å²) in [5.74, 6) is -1.20. The van der Waals surface area contributed by atoms with E-state index in [1.165, 1.54) is 11.9 Å². The first-order valence-electron chi connectivity index (χ1n) is 7.01. The minimum Gasteiger partial charge on any atom is -0.318 e. The summed E-state index contributed by atoms with van der Waals surface area (Å²) in [6.45, 7) is 3.21. The van der Waals surface area contributed by atoms with Gasteiger partial charge in [0.1, 0.15) is 13.1 Å². The van der Waals surface area contributed by atoms with Crippen LogP contribution < -0.4 is 10.6 Å². The van der Waals surface area contributed by atoms with Crippen LogP contribution in [0.25, 0.3) is 0 Å². The number of nitrogens with zero attached hydrogens (tertiary/aromatic N) is 2. The van der Waals surface area contributed by atoms with Crippen LogP contribution in [0.3, 0.4) is 0 Å². The Morgan fingerprint density at radius 3 is 2.48 bits per heavy atom. The number of nitrogens with one attached hydrogen (secondary N) is 2. The fourth-order valence-corrected chi connectivity index (χ4v) is 2.24. The summed E-state index contributed by atoms with van der Waals surface area (Å²) >= 11 is 0. The molecule has 1 aliphatic rings. The highest BCUT2D eigenvalue weighted by Crippen LogP contribution is 2.15. The van der Waals surface area contributed by atoms with Gasteiger partial charge in [-0.15, -0.1) is 0 Å². The van der Waals surface area contributed by atoms with Crippen molar-refractivity contribution in [2.24, 2.45) is 0 Å². The lowest BCUT2D eigenvalue weighted by Crippen LogP contribution is -2.44. The zero-order valence-corrected chi connectivity index (χ0v) is 13.2. The monoisotopic (exact) mass is 318 g/mol. The number of aryl methyl sites for hydroxylation is 2. The Hall–Kier alpha value is -2.90. The topological polar surface area (TPSA) is 98.8 Å². The molecule has 0 spiro atoms. The fourth-order valence-electron chi connectivity index (χ4n) is 2.24. The van der Waals surface area contributed by atoms with Crippen molar-refractivity contribution in [3.8, 4) is 0 Å². The molecule has 6 amide bonds. The highest BCUT2D eigenvalue weighted by atomic mass is 16.2. The Bertz CT molecular complexity index is 686. The number of hydrogen-bond donors (Lipinski definition) is 2. The van der Waals surface area contributed by atoms with E-state index in [-0.39, 0.29) is 6.54 Å². The van der Waals surface area contributed by atoms with E-state index in [1.54, 1.807) is 6.07 Å². The molecule has 0 atom stereocenters. The van der Waals surface area contributed by atoms with Crippen molar-refractivity contribution >= 4 is 29.6 Å². The lowest BCUT2D eigenvalue weighted by atomic mass is 10.1. The molecule has 0 saturated carbocycles. The fraction of sp³-hybridized carbons (Fsp3) is 0.333. The van der Waals surface area contributed by atoms with Crippen LogP contribution in [0.1, 0.15) is 11.1 Å². The Kier molecular flexibility index (Phi) is 4.63. The Morgan fingerprint density at radius 2 is 1.91 bits per heavy atom. The number of urea groups is 2. The SMILES string of the molecule is Cc1ccc(NC(=O)NC(=O)CN2C(=O)CN(C)C2=O)c(C)c1. The van der Waals surface area contributed by atoms with Gasteiger partial charge in [0, 0.05) is 12.7 Å². The number of benzene rings is 1. The molecule has 23 heavy (non-hydrogen) atoms. The van der Waals surface area contributed by atoms with Crippen molar-refractivity contribution in [3.63, 3.8) is 0 Å². The molecule has 8 nitrogen and oxygen atoms in total. The van der Waals surface area contributed by atoms with Crippen LogP contribution in [0, 0.1) is 13.8 Å². The van der Waals surface area contributed by atoms with Gasteiger partial charge in [0.25, 0.3) is 5.91 Å². The number of likely N-dealkylation sites (N-methyl/N-ethyl adjacent to an activating group) is 1. The van der Waals surface area contributed by atoms with E-state index < -0.39 is 30.4 Å². The van der Waals surface area contributed by atoms with E-state index in [4.69, 9.17) is 0 Å². The van der Waals surface area contributed by atoms with Crippen LogP contribution in [0.2, 0.25) is 0 Å². The number of anilines is 1. The Morgan fingerprint density at radius 1 is 1.22 bits per heavy atom. The molecule has 8 heteroatoms. The number of carbonyl (C=O) groups is 4. The third-order valence-corrected chi connectivity index (χ3v) is 3.42. The highest BCUT2D eigenvalue weighted by Gasteiger charge is 2.34. The molecule has 122 valence electrons. The summed E-state index contributed by atoms with van der Waals surface area (Å²) in [7, 11) is 1.46. The van der Waals surface area contributed by atoms with Gasteiger partial charge in [-0.25, -0.2) is 9.59 Å². The van der Waals surface area contributed by atoms with Gasteiger partial charge >= 0.3 is 12.1 Å². The first-order chi connectivity index (χ1) is 10.8. The zero-order chi connectivity index (χ0) is 17.1. The van der Waals surface area contributed by atoms with Crippen molar-refractivity contribution in [3.05, 3.63) is 29.3 Å². The number of carbonyl (C=O) groups excluding carboxylic acids is 4. The van der Waals surface area contributed by atoms with Crippen molar-refractivity contribution in [2.75, 3.05) is 25.5 Å². The lowest BCUT2D eigenvalue weighted by molar-refractivity contribution is -0.130. The third kappa shape index (κ3) is 3.85. The quantitative estimate of drug-likeness (QED) is 0.807. The molecule has 1 aromatic carbocycles. The lowest BCUT2D eigenvalue weighted by Gasteiger charge is -2.14. The van der Waals surface area contributed by atoms with E-state index >= 15 is 0 Å². The molecular weight excluding hydrogens is 300 g/mol. The molecule has 0 aliphatic carbocycles. The predicted octanol–water partition coefficient (Wildman–Crippen LogP) is 0.846. The molecule has 0 unspecified atom stereocenters. The van der Waals surface area contributed by atoms with Crippen LogP contribution >= 0.6 is 0 Å². The minimum atomic E-state index is -0.732. The summed E-state index contributed by atoms with van der Waals surface area (Å²) in [6, 6.07) is 4.20. The second-order valence-electron chi connectivity index (χ2n) is 5.44. The maximum Gasteiger partial charge on any atom is 0.327 e.